The zero-order valence-electron chi connectivity index (χ0n) is 10.4. The van der Waals surface area contributed by atoms with Gasteiger partial charge < -0.3 is 4.98 Å². The number of rotatable bonds is 2. The molecule has 3 aromatic rings. The van der Waals surface area contributed by atoms with Gasteiger partial charge in [0.2, 0.25) is 0 Å². The molecule has 1 N–H and O–H groups in total. The van der Waals surface area contributed by atoms with Gasteiger partial charge >= 0.3 is 0 Å². The van der Waals surface area contributed by atoms with Gasteiger partial charge in [0.25, 0.3) is 5.69 Å². The van der Waals surface area contributed by atoms with Crippen LogP contribution >= 0.6 is 0 Å². The van der Waals surface area contributed by atoms with Gasteiger partial charge in [-0.15, -0.1) is 0 Å². The summed E-state index contributed by atoms with van der Waals surface area (Å²) in [5.41, 5.74) is 3.78. The Morgan fingerprint density at radius 1 is 1.11 bits per heavy atom. The van der Waals surface area contributed by atoms with Crippen LogP contribution in [0.3, 0.4) is 0 Å². The van der Waals surface area contributed by atoms with Gasteiger partial charge in [-0.1, -0.05) is 30.3 Å². The van der Waals surface area contributed by atoms with Gasteiger partial charge in [-0.3, -0.25) is 10.1 Å². The third-order valence-corrected chi connectivity index (χ3v) is 3.22. The maximum Gasteiger partial charge on any atom is 0.273 e. The lowest BCUT2D eigenvalue weighted by Crippen LogP contribution is -1.90. The highest BCUT2D eigenvalue weighted by Gasteiger charge is 2.13. The van der Waals surface area contributed by atoms with Gasteiger partial charge in [-0.25, -0.2) is 0 Å². The van der Waals surface area contributed by atoms with Crippen molar-refractivity contribution in [2.45, 2.75) is 6.92 Å². The summed E-state index contributed by atoms with van der Waals surface area (Å²) in [5.74, 6) is 0. The average molecular weight is 252 g/mol. The van der Waals surface area contributed by atoms with E-state index in [0.717, 1.165) is 22.2 Å². The molecule has 19 heavy (non-hydrogen) atoms. The maximum atomic E-state index is 10.9. The van der Waals surface area contributed by atoms with Crippen LogP contribution in [0.15, 0.2) is 48.5 Å². The van der Waals surface area contributed by atoms with E-state index in [1.807, 2.05) is 42.5 Å². The molecule has 4 nitrogen and oxygen atoms in total. The Morgan fingerprint density at radius 3 is 2.53 bits per heavy atom. The molecule has 0 aliphatic rings. The van der Waals surface area contributed by atoms with Crippen LogP contribution < -0.4 is 0 Å². The van der Waals surface area contributed by atoms with E-state index in [2.05, 4.69) is 4.98 Å². The summed E-state index contributed by atoms with van der Waals surface area (Å²) >= 11 is 0. The van der Waals surface area contributed by atoms with Gasteiger partial charge in [-0.2, -0.15) is 0 Å². The minimum Gasteiger partial charge on any atom is -0.355 e. The molecule has 4 heteroatoms. The third kappa shape index (κ3) is 1.97. The summed E-state index contributed by atoms with van der Waals surface area (Å²) in [4.78, 5) is 13.9. The topological polar surface area (TPSA) is 58.9 Å². The van der Waals surface area contributed by atoms with Gasteiger partial charge in [0, 0.05) is 28.2 Å². The molecule has 0 bridgehead atoms. The summed E-state index contributed by atoms with van der Waals surface area (Å²) in [6.07, 6.45) is 0. The van der Waals surface area contributed by atoms with Crippen molar-refractivity contribution in [1.82, 2.24) is 4.98 Å². The van der Waals surface area contributed by atoms with E-state index in [1.165, 1.54) is 0 Å². The molecule has 0 fully saturated rings. The van der Waals surface area contributed by atoms with E-state index in [4.69, 9.17) is 0 Å². The summed E-state index contributed by atoms with van der Waals surface area (Å²) in [7, 11) is 0. The second-order valence-electron chi connectivity index (χ2n) is 4.53. The highest BCUT2D eigenvalue weighted by Crippen LogP contribution is 2.29. The van der Waals surface area contributed by atoms with Crippen molar-refractivity contribution < 1.29 is 4.92 Å². The van der Waals surface area contributed by atoms with Gasteiger partial charge in [-0.05, 0) is 24.6 Å². The molecule has 0 unspecified atom stereocenters. The zero-order valence-corrected chi connectivity index (χ0v) is 10.4. The predicted octanol–water partition coefficient (Wildman–Crippen LogP) is 4.05. The summed E-state index contributed by atoms with van der Waals surface area (Å²) in [6, 6.07) is 15.3. The molecular weight excluding hydrogens is 240 g/mol. The van der Waals surface area contributed by atoms with Crippen LogP contribution in [0, 0.1) is 17.0 Å². The Hall–Kier alpha value is -2.62. The third-order valence-electron chi connectivity index (χ3n) is 3.22. The lowest BCUT2D eigenvalue weighted by molar-refractivity contribution is -0.385. The second kappa shape index (κ2) is 4.24. The molecule has 2 aromatic carbocycles. The first kappa shape index (κ1) is 11.5. The number of H-pyrrole nitrogens is 1. The first-order valence-electron chi connectivity index (χ1n) is 5.98. The number of aromatic amines is 1. The van der Waals surface area contributed by atoms with E-state index in [0.29, 0.717) is 5.56 Å². The van der Waals surface area contributed by atoms with Crippen LogP contribution in [0.4, 0.5) is 5.69 Å². The van der Waals surface area contributed by atoms with E-state index < -0.39 is 0 Å². The van der Waals surface area contributed by atoms with Crippen molar-refractivity contribution in [3.63, 3.8) is 0 Å². The van der Waals surface area contributed by atoms with Gasteiger partial charge in [0.05, 0.1) is 4.92 Å². The van der Waals surface area contributed by atoms with E-state index in [1.54, 1.807) is 13.0 Å². The second-order valence-corrected chi connectivity index (χ2v) is 4.53. The number of nitro benzene ring substituents is 1. The Kier molecular flexibility index (Phi) is 2.56. The molecule has 0 spiro atoms. The number of fused-ring (bicyclic) bond motifs is 1. The highest BCUT2D eigenvalue weighted by atomic mass is 16.6. The van der Waals surface area contributed by atoms with Crippen LogP contribution in [0.2, 0.25) is 0 Å². The van der Waals surface area contributed by atoms with E-state index in [-0.39, 0.29) is 10.6 Å². The van der Waals surface area contributed by atoms with Crippen molar-refractivity contribution in [2.75, 3.05) is 0 Å². The molecule has 1 heterocycles. The first-order chi connectivity index (χ1) is 9.15. The Bertz CT molecular complexity index is 760. The van der Waals surface area contributed by atoms with Gasteiger partial charge in [0.15, 0.2) is 0 Å². The number of nitrogens with zero attached hydrogens (tertiary/aromatic N) is 1. The Balaban J connectivity index is 2.19. The quantitative estimate of drug-likeness (QED) is 0.552. The smallest absolute Gasteiger partial charge is 0.273 e. The fraction of sp³-hybridized carbons (Fsp3) is 0.0667. The number of aryl methyl sites for hydroxylation is 1. The van der Waals surface area contributed by atoms with Crippen molar-refractivity contribution in [3.8, 4) is 11.3 Å². The number of nitro groups is 1. The minimum atomic E-state index is -0.343. The molecule has 1 aromatic heterocycles. The number of hydrogen-bond acceptors (Lipinski definition) is 2. The summed E-state index contributed by atoms with van der Waals surface area (Å²) < 4.78 is 0. The van der Waals surface area contributed by atoms with Crippen molar-refractivity contribution in [1.29, 1.82) is 0 Å². The molecule has 0 amide bonds. The van der Waals surface area contributed by atoms with Crippen LogP contribution in [0.1, 0.15) is 5.56 Å². The molecule has 0 saturated heterocycles. The fourth-order valence-electron chi connectivity index (χ4n) is 2.25. The molecule has 0 saturated carbocycles. The lowest BCUT2D eigenvalue weighted by atomic mass is 10.1. The van der Waals surface area contributed by atoms with Crippen LogP contribution in [0.25, 0.3) is 22.2 Å². The largest absolute Gasteiger partial charge is 0.355 e. The molecule has 94 valence electrons. The van der Waals surface area contributed by atoms with Gasteiger partial charge in [0.1, 0.15) is 0 Å². The Morgan fingerprint density at radius 2 is 1.84 bits per heavy atom. The molecule has 0 aliphatic heterocycles. The minimum absolute atomic E-state index is 0.158. The normalized spacial score (nSPS) is 10.8. The maximum absolute atomic E-state index is 10.9. The molecule has 3 rings (SSSR count). The number of benzene rings is 2. The summed E-state index contributed by atoms with van der Waals surface area (Å²) in [5, 5.41) is 11.8. The van der Waals surface area contributed by atoms with Crippen molar-refractivity contribution in [3.05, 3.63) is 64.2 Å². The van der Waals surface area contributed by atoms with E-state index in [9.17, 15) is 10.1 Å². The average Bonchev–Trinajstić information content (AvgIpc) is 2.81. The first-order valence-corrected chi connectivity index (χ1v) is 5.98. The SMILES string of the molecule is Cc1cc2[nH]c(-c3ccccc3)cc2cc1[N+](=O)[O-]. The molecular formula is C15H12N2O2. The van der Waals surface area contributed by atoms with Crippen molar-refractivity contribution >= 4 is 16.6 Å². The fourth-order valence-corrected chi connectivity index (χ4v) is 2.25. The predicted molar refractivity (Wildman–Crippen MR) is 75.1 cm³/mol. The Labute approximate surface area is 109 Å². The number of aromatic nitrogens is 1. The number of nitrogens with one attached hydrogen (secondary N) is 1. The van der Waals surface area contributed by atoms with Crippen LogP contribution in [-0.4, -0.2) is 9.91 Å². The standard InChI is InChI=1S/C15H12N2O2/c1-10-7-13-12(9-15(10)17(18)19)8-14(16-13)11-5-3-2-4-6-11/h2-9,16H,1H3. The summed E-state index contributed by atoms with van der Waals surface area (Å²) in [6.45, 7) is 1.75. The molecule has 0 aliphatic carbocycles. The van der Waals surface area contributed by atoms with Crippen LogP contribution in [0.5, 0.6) is 0 Å². The monoisotopic (exact) mass is 252 g/mol. The zero-order chi connectivity index (χ0) is 13.4. The number of hydrogen-bond donors (Lipinski definition) is 1. The highest BCUT2D eigenvalue weighted by molar-refractivity contribution is 5.88. The van der Waals surface area contributed by atoms with Crippen molar-refractivity contribution in [2.24, 2.45) is 0 Å². The molecule has 0 atom stereocenters. The van der Waals surface area contributed by atoms with Crippen LogP contribution in [-0.2, 0) is 0 Å². The van der Waals surface area contributed by atoms with E-state index >= 15 is 0 Å². The molecule has 0 radical (unpaired) electrons. The lowest BCUT2D eigenvalue weighted by Gasteiger charge is -1.97.